The van der Waals surface area contributed by atoms with Crippen molar-refractivity contribution >= 4 is 26.6 Å². The van der Waals surface area contributed by atoms with Crippen LogP contribution in [-0.4, -0.2) is 46.2 Å². The van der Waals surface area contributed by atoms with Crippen LogP contribution in [0.2, 0.25) is 0 Å². The Balaban J connectivity index is 1.97. The molecule has 140 valence electrons. The minimum absolute atomic E-state index is 0.105. The lowest BCUT2D eigenvalue weighted by molar-refractivity contribution is 0.0996. The lowest BCUT2D eigenvalue weighted by Crippen LogP contribution is -2.12. The highest BCUT2D eigenvalue weighted by Gasteiger charge is 2.22. The maximum absolute atomic E-state index is 12.3. The zero-order valence-corrected chi connectivity index (χ0v) is 15.4. The molecular formula is C18H14N6O3S. The number of hydrogen-bond donors (Lipinski definition) is 2. The molecule has 3 N–H and O–H groups in total. The monoisotopic (exact) mass is 394 g/mol. The Morgan fingerprint density at radius 1 is 1.11 bits per heavy atom. The molecule has 0 atom stereocenters. The number of rotatable bonds is 4. The summed E-state index contributed by atoms with van der Waals surface area (Å²) in [6, 6.07) is 13.6. The van der Waals surface area contributed by atoms with Gasteiger partial charge in [0.1, 0.15) is 5.69 Å². The molecule has 28 heavy (non-hydrogen) atoms. The number of carbonyl (C=O) groups is 1. The van der Waals surface area contributed by atoms with Crippen molar-refractivity contribution in [2.75, 3.05) is 6.26 Å². The highest BCUT2D eigenvalue weighted by Crippen LogP contribution is 2.36. The fourth-order valence-corrected chi connectivity index (χ4v) is 3.91. The van der Waals surface area contributed by atoms with E-state index in [0.29, 0.717) is 16.6 Å². The molecule has 4 rings (SSSR count). The molecule has 0 saturated carbocycles. The lowest BCUT2D eigenvalue weighted by atomic mass is 9.97. The number of fused-ring (bicyclic) bond motifs is 1. The van der Waals surface area contributed by atoms with Crippen molar-refractivity contribution in [2.45, 2.75) is 4.90 Å². The van der Waals surface area contributed by atoms with Crippen molar-refractivity contribution in [2.24, 2.45) is 5.73 Å². The summed E-state index contributed by atoms with van der Waals surface area (Å²) in [4.78, 5) is 15.7. The van der Waals surface area contributed by atoms with Crippen LogP contribution in [0, 0.1) is 0 Å². The molecule has 2 aromatic heterocycles. The Labute approximate surface area is 159 Å². The SMILES string of the molecule is CS(=O)(=O)c1cccc(-c2ccc3nc(C(N)=O)ccc3c2)c1-c1nn[nH]n1. The predicted molar refractivity (Wildman–Crippen MR) is 102 cm³/mol. The van der Waals surface area contributed by atoms with Gasteiger partial charge in [0.15, 0.2) is 9.84 Å². The second-order valence-corrected chi connectivity index (χ2v) is 8.14. The molecule has 0 fully saturated rings. The van der Waals surface area contributed by atoms with E-state index in [-0.39, 0.29) is 16.4 Å². The van der Waals surface area contributed by atoms with Crippen molar-refractivity contribution < 1.29 is 13.2 Å². The summed E-state index contributed by atoms with van der Waals surface area (Å²) < 4.78 is 24.6. The average molecular weight is 394 g/mol. The number of sulfone groups is 1. The van der Waals surface area contributed by atoms with Gasteiger partial charge in [-0.15, -0.1) is 10.2 Å². The molecule has 0 radical (unpaired) electrons. The van der Waals surface area contributed by atoms with Gasteiger partial charge in [-0.1, -0.05) is 24.3 Å². The van der Waals surface area contributed by atoms with Crippen molar-refractivity contribution in [3.05, 3.63) is 54.2 Å². The molecule has 0 spiro atoms. The van der Waals surface area contributed by atoms with Gasteiger partial charge in [-0.3, -0.25) is 4.79 Å². The quantitative estimate of drug-likeness (QED) is 0.534. The number of hydrogen-bond acceptors (Lipinski definition) is 7. The van der Waals surface area contributed by atoms with Crippen LogP contribution in [-0.2, 0) is 9.84 Å². The first-order valence-corrected chi connectivity index (χ1v) is 10.0. The van der Waals surface area contributed by atoms with E-state index >= 15 is 0 Å². The van der Waals surface area contributed by atoms with Crippen LogP contribution in [0.15, 0.2) is 53.4 Å². The number of nitrogens with zero attached hydrogens (tertiary/aromatic N) is 4. The topological polar surface area (TPSA) is 145 Å². The standard InChI is InChI=1S/C18H14N6O3S/c1-28(26,27)15-4-2-3-12(16(15)18-21-23-24-22-18)10-5-7-13-11(9-10)6-8-14(20-13)17(19)25/h2-9H,1H3,(H2,19,25)(H,21,22,23,24). The second-order valence-electron chi connectivity index (χ2n) is 6.15. The first-order valence-electron chi connectivity index (χ1n) is 8.12. The number of nitrogens with one attached hydrogen (secondary N) is 1. The minimum Gasteiger partial charge on any atom is -0.364 e. The van der Waals surface area contributed by atoms with Crippen molar-refractivity contribution in [3.8, 4) is 22.5 Å². The van der Waals surface area contributed by atoms with E-state index in [0.717, 1.165) is 17.2 Å². The minimum atomic E-state index is -3.53. The van der Waals surface area contributed by atoms with Gasteiger partial charge in [0.25, 0.3) is 5.91 Å². The molecule has 2 aromatic carbocycles. The van der Waals surface area contributed by atoms with Crippen LogP contribution >= 0.6 is 0 Å². The molecule has 0 aliphatic rings. The van der Waals surface area contributed by atoms with Crippen LogP contribution in [0.4, 0.5) is 0 Å². The molecule has 0 aliphatic carbocycles. The summed E-state index contributed by atoms with van der Waals surface area (Å²) in [5, 5.41) is 14.6. The summed E-state index contributed by atoms with van der Waals surface area (Å²) in [5.41, 5.74) is 7.78. The van der Waals surface area contributed by atoms with Crippen LogP contribution in [0.25, 0.3) is 33.4 Å². The number of nitrogens with two attached hydrogens (primary N) is 1. The van der Waals surface area contributed by atoms with E-state index in [1.807, 2.05) is 6.07 Å². The third-order valence-electron chi connectivity index (χ3n) is 4.25. The fourth-order valence-electron chi connectivity index (χ4n) is 3.01. The van der Waals surface area contributed by atoms with E-state index in [1.54, 1.807) is 36.4 Å². The van der Waals surface area contributed by atoms with E-state index in [4.69, 9.17) is 5.73 Å². The van der Waals surface area contributed by atoms with Gasteiger partial charge in [0.05, 0.1) is 10.4 Å². The summed E-state index contributed by atoms with van der Waals surface area (Å²) in [5.74, 6) is -0.426. The van der Waals surface area contributed by atoms with Crippen molar-refractivity contribution in [1.29, 1.82) is 0 Å². The third-order valence-corrected chi connectivity index (χ3v) is 5.39. The summed E-state index contributed by atoms with van der Waals surface area (Å²) in [6.07, 6.45) is 1.13. The molecule has 10 heteroatoms. The molecule has 0 bridgehead atoms. The van der Waals surface area contributed by atoms with E-state index < -0.39 is 15.7 Å². The van der Waals surface area contributed by atoms with Crippen LogP contribution in [0.5, 0.6) is 0 Å². The molecule has 0 saturated heterocycles. The van der Waals surface area contributed by atoms with Gasteiger partial charge in [-0.05, 0) is 40.6 Å². The van der Waals surface area contributed by atoms with Crippen molar-refractivity contribution in [1.82, 2.24) is 25.6 Å². The molecule has 1 amide bonds. The van der Waals surface area contributed by atoms with Crippen LogP contribution < -0.4 is 5.73 Å². The normalized spacial score (nSPS) is 11.6. The van der Waals surface area contributed by atoms with Gasteiger partial charge in [-0.2, -0.15) is 5.21 Å². The Morgan fingerprint density at radius 3 is 2.61 bits per heavy atom. The first-order chi connectivity index (χ1) is 13.3. The Hall–Kier alpha value is -3.66. The lowest BCUT2D eigenvalue weighted by Gasteiger charge is -2.12. The number of aromatic amines is 1. The maximum atomic E-state index is 12.3. The van der Waals surface area contributed by atoms with Crippen molar-refractivity contribution in [3.63, 3.8) is 0 Å². The van der Waals surface area contributed by atoms with Gasteiger partial charge >= 0.3 is 0 Å². The third kappa shape index (κ3) is 3.09. The van der Waals surface area contributed by atoms with Gasteiger partial charge in [0.2, 0.25) is 5.82 Å². The van der Waals surface area contributed by atoms with Gasteiger partial charge < -0.3 is 5.73 Å². The zero-order valence-electron chi connectivity index (χ0n) is 14.6. The summed E-state index contributed by atoms with van der Waals surface area (Å²) in [6.45, 7) is 0. The number of tetrazole rings is 1. The smallest absolute Gasteiger partial charge is 0.267 e. The molecular weight excluding hydrogens is 380 g/mol. The first kappa shape index (κ1) is 17.7. The zero-order chi connectivity index (χ0) is 19.9. The molecule has 9 nitrogen and oxygen atoms in total. The number of amides is 1. The summed E-state index contributed by atoms with van der Waals surface area (Å²) in [7, 11) is -3.53. The number of primary amides is 1. The number of aromatic nitrogens is 5. The van der Waals surface area contributed by atoms with Crippen LogP contribution in [0.3, 0.4) is 0 Å². The molecule has 0 aliphatic heterocycles. The Kier molecular flexibility index (Phi) is 4.12. The number of benzene rings is 2. The van der Waals surface area contributed by atoms with E-state index in [2.05, 4.69) is 25.6 Å². The fraction of sp³-hybridized carbons (Fsp3) is 0.0556. The Morgan fingerprint density at radius 2 is 1.93 bits per heavy atom. The molecule has 0 unspecified atom stereocenters. The summed E-state index contributed by atoms with van der Waals surface area (Å²) >= 11 is 0. The second kappa shape index (κ2) is 6.50. The average Bonchev–Trinajstić information content (AvgIpc) is 3.20. The highest BCUT2D eigenvalue weighted by atomic mass is 32.2. The number of H-pyrrole nitrogens is 1. The molecule has 2 heterocycles. The van der Waals surface area contributed by atoms with E-state index in [9.17, 15) is 13.2 Å². The number of pyridine rings is 1. The Bertz CT molecular complexity index is 1320. The largest absolute Gasteiger partial charge is 0.364 e. The van der Waals surface area contributed by atoms with Gasteiger partial charge in [0, 0.05) is 17.2 Å². The highest BCUT2D eigenvalue weighted by molar-refractivity contribution is 7.90. The van der Waals surface area contributed by atoms with Crippen LogP contribution in [0.1, 0.15) is 10.5 Å². The molecule has 4 aromatic rings. The van der Waals surface area contributed by atoms with Gasteiger partial charge in [-0.25, -0.2) is 13.4 Å². The van der Waals surface area contributed by atoms with E-state index in [1.165, 1.54) is 6.07 Å². The number of carbonyl (C=O) groups excluding carboxylic acids is 1. The predicted octanol–water partition coefficient (Wildman–Crippen LogP) is 1.58. The maximum Gasteiger partial charge on any atom is 0.267 e.